The van der Waals surface area contributed by atoms with E-state index in [1.165, 1.54) is 0 Å². The molecule has 132 valence electrons. The summed E-state index contributed by atoms with van der Waals surface area (Å²) in [5.41, 5.74) is 1.12. The number of piperazine rings is 1. The van der Waals surface area contributed by atoms with Gasteiger partial charge in [0.1, 0.15) is 6.10 Å². The highest BCUT2D eigenvalue weighted by Crippen LogP contribution is 2.29. The largest absolute Gasteiger partial charge is 0.374 e. The van der Waals surface area contributed by atoms with Crippen LogP contribution in [0.25, 0.3) is 0 Å². The highest BCUT2D eigenvalue weighted by Gasteiger charge is 2.27. The topological polar surface area (TPSA) is 63.4 Å². The summed E-state index contributed by atoms with van der Waals surface area (Å²) in [4.78, 5) is 6.74. The van der Waals surface area contributed by atoms with E-state index in [0.29, 0.717) is 18.3 Å². The molecular formula is C16H22Cl2N4O2. The van der Waals surface area contributed by atoms with Crippen LogP contribution in [0.2, 0.25) is 5.02 Å². The normalized spacial score (nSPS) is 19.7. The van der Waals surface area contributed by atoms with Crippen LogP contribution in [0.15, 0.2) is 28.8 Å². The fourth-order valence-corrected chi connectivity index (χ4v) is 3.03. The molecule has 1 aliphatic rings. The van der Waals surface area contributed by atoms with Crippen molar-refractivity contribution in [3.05, 3.63) is 46.6 Å². The summed E-state index contributed by atoms with van der Waals surface area (Å²) in [5, 5.41) is 8.19. The second kappa shape index (κ2) is 8.78. The standard InChI is InChI=1S/C16H21ClN4O2.ClH/c1-11(22-2)16-19-15(23-20-16)10-21-8-7-18-9-14(21)12-5-3-4-6-13(12)17;/h3-6,11,14,18H,7-10H2,1-2H3;1H. The smallest absolute Gasteiger partial charge is 0.240 e. The number of methoxy groups -OCH3 is 1. The zero-order valence-corrected chi connectivity index (χ0v) is 15.3. The third-order valence-electron chi connectivity index (χ3n) is 4.16. The van der Waals surface area contributed by atoms with Crippen LogP contribution in [0, 0.1) is 0 Å². The number of nitrogens with zero attached hydrogens (tertiary/aromatic N) is 3. The number of aromatic nitrogens is 2. The molecule has 3 rings (SSSR count). The maximum absolute atomic E-state index is 6.37. The van der Waals surface area contributed by atoms with Crippen LogP contribution in [-0.2, 0) is 11.3 Å². The first kappa shape index (κ1) is 19.1. The average molecular weight is 373 g/mol. The van der Waals surface area contributed by atoms with Crippen LogP contribution in [0.3, 0.4) is 0 Å². The van der Waals surface area contributed by atoms with Crippen molar-refractivity contribution >= 4 is 24.0 Å². The molecule has 0 amide bonds. The van der Waals surface area contributed by atoms with Gasteiger partial charge in [-0.05, 0) is 18.6 Å². The van der Waals surface area contributed by atoms with Gasteiger partial charge < -0.3 is 14.6 Å². The minimum Gasteiger partial charge on any atom is -0.374 e. The van der Waals surface area contributed by atoms with Crippen LogP contribution >= 0.6 is 24.0 Å². The van der Waals surface area contributed by atoms with Crippen molar-refractivity contribution in [1.29, 1.82) is 0 Å². The van der Waals surface area contributed by atoms with Gasteiger partial charge >= 0.3 is 0 Å². The number of rotatable bonds is 5. The van der Waals surface area contributed by atoms with Gasteiger partial charge in [0.2, 0.25) is 5.89 Å². The minimum absolute atomic E-state index is 0. The molecule has 1 fully saturated rings. The lowest BCUT2D eigenvalue weighted by Gasteiger charge is -2.35. The van der Waals surface area contributed by atoms with Gasteiger partial charge in [0.15, 0.2) is 5.82 Å². The minimum atomic E-state index is -0.171. The van der Waals surface area contributed by atoms with E-state index in [9.17, 15) is 0 Å². The van der Waals surface area contributed by atoms with Crippen LogP contribution < -0.4 is 5.32 Å². The molecule has 0 saturated carbocycles. The summed E-state index contributed by atoms with van der Waals surface area (Å²) in [5.74, 6) is 1.18. The first-order valence-electron chi connectivity index (χ1n) is 7.73. The fourth-order valence-electron chi connectivity index (χ4n) is 2.76. The summed E-state index contributed by atoms with van der Waals surface area (Å²) in [6.07, 6.45) is -0.171. The lowest BCUT2D eigenvalue weighted by molar-refractivity contribution is 0.109. The lowest BCUT2D eigenvalue weighted by atomic mass is 10.0. The van der Waals surface area contributed by atoms with Crippen LogP contribution in [-0.4, -0.2) is 41.8 Å². The Bertz CT molecular complexity index is 653. The highest BCUT2D eigenvalue weighted by atomic mass is 35.5. The quantitative estimate of drug-likeness (QED) is 0.870. The van der Waals surface area contributed by atoms with Gasteiger partial charge in [-0.25, -0.2) is 0 Å². The summed E-state index contributed by atoms with van der Waals surface area (Å²) in [6.45, 7) is 5.16. The van der Waals surface area contributed by atoms with Gasteiger partial charge in [-0.1, -0.05) is 35.0 Å². The van der Waals surface area contributed by atoms with Crippen molar-refractivity contribution in [2.45, 2.75) is 25.6 Å². The molecule has 0 bridgehead atoms. The number of ether oxygens (including phenoxy) is 1. The highest BCUT2D eigenvalue weighted by molar-refractivity contribution is 6.31. The third-order valence-corrected chi connectivity index (χ3v) is 4.50. The molecule has 1 aromatic heterocycles. The molecule has 0 aliphatic carbocycles. The van der Waals surface area contributed by atoms with E-state index in [1.807, 2.05) is 25.1 Å². The number of halogens is 2. The average Bonchev–Trinajstić information content (AvgIpc) is 3.04. The summed E-state index contributed by atoms with van der Waals surface area (Å²) in [6, 6.07) is 8.14. The van der Waals surface area contributed by atoms with Gasteiger partial charge in [0.05, 0.1) is 6.54 Å². The van der Waals surface area contributed by atoms with E-state index in [4.69, 9.17) is 20.9 Å². The Hall–Kier alpha value is -1.18. The van der Waals surface area contributed by atoms with Crippen molar-refractivity contribution in [2.75, 3.05) is 26.7 Å². The molecule has 2 heterocycles. The molecule has 1 N–H and O–H groups in total. The van der Waals surface area contributed by atoms with E-state index in [-0.39, 0.29) is 24.6 Å². The van der Waals surface area contributed by atoms with Crippen molar-refractivity contribution in [2.24, 2.45) is 0 Å². The van der Waals surface area contributed by atoms with Crippen molar-refractivity contribution in [3.63, 3.8) is 0 Å². The maximum Gasteiger partial charge on any atom is 0.240 e. The van der Waals surface area contributed by atoms with Gasteiger partial charge in [0, 0.05) is 37.8 Å². The summed E-state index contributed by atoms with van der Waals surface area (Å²) < 4.78 is 10.6. The number of hydrogen-bond donors (Lipinski definition) is 1. The second-order valence-corrected chi connectivity index (χ2v) is 6.04. The fraction of sp³-hybridized carbons (Fsp3) is 0.500. The van der Waals surface area contributed by atoms with Crippen LogP contribution in [0.5, 0.6) is 0 Å². The molecule has 0 radical (unpaired) electrons. The van der Waals surface area contributed by atoms with E-state index < -0.39 is 0 Å². The van der Waals surface area contributed by atoms with Crippen LogP contribution in [0.4, 0.5) is 0 Å². The van der Waals surface area contributed by atoms with E-state index in [1.54, 1.807) is 7.11 Å². The molecule has 1 aliphatic heterocycles. The zero-order valence-electron chi connectivity index (χ0n) is 13.7. The summed E-state index contributed by atoms with van der Waals surface area (Å²) in [7, 11) is 1.63. The molecule has 6 nitrogen and oxygen atoms in total. The molecule has 24 heavy (non-hydrogen) atoms. The number of nitrogens with one attached hydrogen (secondary N) is 1. The Morgan fingerprint density at radius 2 is 2.25 bits per heavy atom. The van der Waals surface area contributed by atoms with Gasteiger partial charge in [-0.2, -0.15) is 4.98 Å². The molecule has 2 atom stereocenters. The van der Waals surface area contributed by atoms with Crippen molar-refractivity contribution in [1.82, 2.24) is 20.4 Å². The van der Waals surface area contributed by atoms with Gasteiger partial charge in [-0.3, -0.25) is 4.90 Å². The summed E-state index contributed by atoms with van der Waals surface area (Å²) >= 11 is 6.37. The maximum atomic E-state index is 6.37. The predicted molar refractivity (Wildman–Crippen MR) is 94.4 cm³/mol. The van der Waals surface area contributed by atoms with Crippen LogP contribution in [0.1, 0.15) is 36.3 Å². The predicted octanol–water partition coefficient (Wildman–Crippen LogP) is 3.00. The Labute approximate surface area is 152 Å². The molecule has 2 aromatic rings. The Balaban J connectivity index is 0.00000208. The van der Waals surface area contributed by atoms with E-state index in [0.717, 1.165) is 30.2 Å². The van der Waals surface area contributed by atoms with Gasteiger partial charge in [-0.15, -0.1) is 12.4 Å². The lowest BCUT2D eigenvalue weighted by Crippen LogP contribution is -2.45. The first-order chi connectivity index (χ1) is 11.2. The third kappa shape index (κ3) is 4.26. The Morgan fingerprint density at radius 1 is 1.46 bits per heavy atom. The van der Waals surface area contributed by atoms with Gasteiger partial charge in [0.25, 0.3) is 0 Å². The Kier molecular flexibility index (Phi) is 7.01. The number of benzene rings is 1. The van der Waals surface area contributed by atoms with E-state index >= 15 is 0 Å². The molecule has 1 saturated heterocycles. The molecule has 0 spiro atoms. The molecule has 1 aromatic carbocycles. The second-order valence-electron chi connectivity index (χ2n) is 5.64. The van der Waals surface area contributed by atoms with Crippen molar-refractivity contribution < 1.29 is 9.26 Å². The first-order valence-corrected chi connectivity index (χ1v) is 8.11. The Morgan fingerprint density at radius 3 is 3.00 bits per heavy atom. The van der Waals surface area contributed by atoms with Crippen molar-refractivity contribution in [3.8, 4) is 0 Å². The molecular weight excluding hydrogens is 351 g/mol. The van der Waals surface area contributed by atoms with E-state index in [2.05, 4.69) is 26.4 Å². The monoisotopic (exact) mass is 372 g/mol. The number of hydrogen-bond acceptors (Lipinski definition) is 6. The zero-order chi connectivity index (χ0) is 16.2. The molecule has 2 unspecified atom stereocenters. The SMILES string of the molecule is COC(C)c1noc(CN2CCNCC2c2ccccc2Cl)n1.Cl. The molecule has 8 heteroatoms.